The third kappa shape index (κ3) is 2.96. The highest BCUT2D eigenvalue weighted by Crippen LogP contribution is 2.09. The number of hydrogen-bond acceptors (Lipinski definition) is 3. The van der Waals surface area contributed by atoms with E-state index in [1.807, 2.05) is 6.07 Å². The van der Waals surface area contributed by atoms with Gasteiger partial charge in [-0.05, 0) is 30.7 Å². The summed E-state index contributed by atoms with van der Waals surface area (Å²) >= 11 is 0. The van der Waals surface area contributed by atoms with E-state index in [9.17, 15) is 4.79 Å². The first-order valence-electron chi connectivity index (χ1n) is 4.44. The average Bonchev–Trinajstić information content (AvgIpc) is 2.29. The predicted molar refractivity (Wildman–Crippen MR) is 57.0 cm³/mol. The average molecular weight is 201 g/mol. The van der Waals surface area contributed by atoms with Crippen molar-refractivity contribution in [3.63, 3.8) is 0 Å². The summed E-state index contributed by atoms with van der Waals surface area (Å²) in [6.07, 6.45) is 1.75. The molecule has 0 atom stereocenters. The maximum atomic E-state index is 11.1. The first-order valence-corrected chi connectivity index (χ1v) is 4.44. The van der Waals surface area contributed by atoms with E-state index >= 15 is 0 Å². The van der Waals surface area contributed by atoms with E-state index in [-0.39, 0.29) is 5.97 Å². The Kier molecular flexibility index (Phi) is 3.64. The quantitative estimate of drug-likeness (QED) is 0.545. The molecule has 0 aromatic heterocycles. The third-order valence-corrected chi connectivity index (χ3v) is 1.89. The van der Waals surface area contributed by atoms with Crippen LogP contribution in [0.2, 0.25) is 0 Å². The van der Waals surface area contributed by atoms with E-state index in [0.717, 1.165) is 5.56 Å². The highest BCUT2D eigenvalue weighted by molar-refractivity contribution is 5.89. The van der Waals surface area contributed by atoms with Gasteiger partial charge in [0.2, 0.25) is 0 Å². The smallest absolute Gasteiger partial charge is 0.337 e. The molecule has 0 fully saturated rings. The molecule has 0 saturated carbocycles. The molecule has 0 N–H and O–H groups in total. The summed E-state index contributed by atoms with van der Waals surface area (Å²) in [6, 6.07) is 8.91. The van der Waals surface area contributed by atoms with Crippen LogP contribution in [-0.4, -0.2) is 13.1 Å². The van der Waals surface area contributed by atoms with Crippen LogP contribution in [0, 0.1) is 11.3 Å². The lowest BCUT2D eigenvalue weighted by atomic mass is 10.1. The van der Waals surface area contributed by atoms with Crippen molar-refractivity contribution in [3.05, 3.63) is 41.0 Å². The fourth-order valence-electron chi connectivity index (χ4n) is 1.12. The van der Waals surface area contributed by atoms with E-state index in [1.54, 1.807) is 37.3 Å². The largest absolute Gasteiger partial charge is 0.465 e. The van der Waals surface area contributed by atoms with Gasteiger partial charge >= 0.3 is 5.97 Å². The first-order chi connectivity index (χ1) is 7.17. The summed E-state index contributed by atoms with van der Waals surface area (Å²) in [5.41, 5.74) is 2.02. The Morgan fingerprint density at radius 1 is 1.40 bits per heavy atom. The minimum absolute atomic E-state index is 0.359. The summed E-state index contributed by atoms with van der Waals surface area (Å²) in [5.74, 6) is -0.359. The molecule has 1 aromatic carbocycles. The lowest BCUT2D eigenvalue weighted by Gasteiger charge is -1.99. The van der Waals surface area contributed by atoms with Gasteiger partial charge in [0, 0.05) is 5.57 Å². The molecule has 0 saturated heterocycles. The molecular formula is C12H11NO2. The van der Waals surface area contributed by atoms with Crippen LogP contribution in [0.4, 0.5) is 0 Å². The molecule has 0 aliphatic heterocycles. The lowest BCUT2D eigenvalue weighted by Crippen LogP contribution is -2.00. The molecule has 1 aromatic rings. The summed E-state index contributed by atoms with van der Waals surface area (Å²) < 4.78 is 4.57. The van der Waals surface area contributed by atoms with Gasteiger partial charge in [0.25, 0.3) is 0 Å². The lowest BCUT2D eigenvalue weighted by molar-refractivity contribution is 0.0601. The maximum Gasteiger partial charge on any atom is 0.337 e. The number of allylic oxidation sites excluding steroid dienone is 1. The second kappa shape index (κ2) is 4.97. The molecule has 0 aliphatic carbocycles. The number of nitriles is 1. The fraction of sp³-hybridized carbons (Fsp3) is 0.167. The predicted octanol–water partition coefficient (Wildman–Crippen LogP) is 2.40. The summed E-state index contributed by atoms with van der Waals surface area (Å²) in [6.45, 7) is 1.73. The molecule has 1 rings (SSSR count). The number of esters is 1. The Labute approximate surface area is 88.6 Å². The number of nitrogens with zero attached hydrogens (tertiary/aromatic N) is 1. The zero-order chi connectivity index (χ0) is 11.3. The van der Waals surface area contributed by atoms with Crippen molar-refractivity contribution < 1.29 is 9.53 Å². The van der Waals surface area contributed by atoms with Crippen molar-refractivity contribution in [2.45, 2.75) is 6.92 Å². The summed E-state index contributed by atoms with van der Waals surface area (Å²) in [5, 5.41) is 8.58. The van der Waals surface area contributed by atoms with Crippen LogP contribution in [0.25, 0.3) is 6.08 Å². The molecule has 0 heterocycles. The standard InChI is InChI=1S/C12H11NO2/c1-9(8-13)7-10-3-5-11(6-4-10)12(14)15-2/h3-7H,1-2H3. The van der Waals surface area contributed by atoms with E-state index < -0.39 is 0 Å². The Morgan fingerprint density at radius 3 is 2.47 bits per heavy atom. The van der Waals surface area contributed by atoms with Crippen molar-refractivity contribution >= 4 is 12.0 Å². The van der Waals surface area contributed by atoms with Gasteiger partial charge in [-0.3, -0.25) is 0 Å². The van der Waals surface area contributed by atoms with Gasteiger partial charge in [0.1, 0.15) is 0 Å². The second-order valence-corrected chi connectivity index (χ2v) is 3.05. The highest BCUT2D eigenvalue weighted by Gasteiger charge is 2.03. The number of ether oxygens (including phenoxy) is 1. The molecule has 0 unspecified atom stereocenters. The zero-order valence-electron chi connectivity index (χ0n) is 8.65. The van der Waals surface area contributed by atoms with Gasteiger partial charge in [-0.25, -0.2) is 4.79 Å². The molecule has 0 bridgehead atoms. The highest BCUT2D eigenvalue weighted by atomic mass is 16.5. The Bertz CT molecular complexity index is 424. The Hall–Kier alpha value is -2.08. The van der Waals surface area contributed by atoms with Crippen LogP contribution in [-0.2, 0) is 4.74 Å². The van der Waals surface area contributed by atoms with Crippen molar-refractivity contribution in [2.75, 3.05) is 7.11 Å². The Morgan fingerprint density at radius 2 is 2.00 bits per heavy atom. The molecule has 0 radical (unpaired) electrons. The van der Waals surface area contributed by atoms with E-state index in [0.29, 0.717) is 11.1 Å². The van der Waals surface area contributed by atoms with Crippen LogP contribution in [0.5, 0.6) is 0 Å². The number of carbonyl (C=O) groups is 1. The van der Waals surface area contributed by atoms with Gasteiger partial charge in [-0.1, -0.05) is 12.1 Å². The van der Waals surface area contributed by atoms with Gasteiger partial charge in [-0.15, -0.1) is 0 Å². The monoisotopic (exact) mass is 201 g/mol. The molecule has 0 spiro atoms. The topological polar surface area (TPSA) is 50.1 Å². The third-order valence-electron chi connectivity index (χ3n) is 1.89. The first kappa shape index (κ1) is 11.0. The zero-order valence-corrected chi connectivity index (χ0v) is 8.65. The van der Waals surface area contributed by atoms with Crippen LogP contribution in [0.15, 0.2) is 29.8 Å². The minimum atomic E-state index is -0.359. The number of rotatable bonds is 2. The fourth-order valence-corrected chi connectivity index (χ4v) is 1.12. The van der Waals surface area contributed by atoms with Crippen LogP contribution in [0.1, 0.15) is 22.8 Å². The number of benzene rings is 1. The molecule has 15 heavy (non-hydrogen) atoms. The van der Waals surface area contributed by atoms with Gasteiger partial charge < -0.3 is 4.74 Å². The molecule has 3 heteroatoms. The summed E-state index contributed by atoms with van der Waals surface area (Å²) in [4.78, 5) is 11.1. The van der Waals surface area contributed by atoms with Crippen molar-refractivity contribution in [1.29, 1.82) is 5.26 Å². The SMILES string of the molecule is COC(=O)c1ccc(C=C(C)C#N)cc1. The van der Waals surface area contributed by atoms with Crippen molar-refractivity contribution in [2.24, 2.45) is 0 Å². The van der Waals surface area contributed by atoms with Crippen molar-refractivity contribution in [3.8, 4) is 6.07 Å². The van der Waals surface area contributed by atoms with Crippen LogP contribution >= 0.6 is 0 Å². The van der Waals surface area contributed by atoms with Crippen molar-refractivity contribution in [1.82, 2.24) is 0 Å². The summed E-state index contributed by atoms with van der Waals surface area (Å²) in [7, 11) is 1.34. The van der Waals surface area contributed by atoms with Crippen LogP contribution < -0.4 is 0 Å². The molecule has 3 nitrogen and oxygen atoms in total. The second-order valence-electron chi connectivity index (χ2n) is 3.05. The van der Waals surface area contributed by atoms with Gasteiger partial charge in [-0.2, -0.15) is 5.26 Å². The molecule has 0 amide bonds. The van der Waals surface area contributed by atoms with E-state index in [2.05, 4.69) is 4.74 Å². The van der Waals surface area contributed by atoms with Gasteiger partial charge in [0.05, 0.1) is 18.7 Å². The number of methoxy groups -OCH3 is 1. The van der Waals surface area contributed by atoms with E-state index in [4.69, 9.17) is 5.26 Å². The normalized spacial score (nSPS) is 10.6. The maximum absolute atomic E-state index is 11.1. The molecule has 76 valence electrons. The number of hydrogen-bond donors (Lipinski definition) is 0. The Balaban J connectivity index is 2.92. The van der Waals surface area contributed by atoms with Crippen LogP contribution in [0.3, 0.4) is 0 Å². The van der Waals surface area contributed by atoms with E-state index in [1.165, 1.54) is 7.11 Å². The molecular weight excluding hydrogens is 190 g/mol. The van der Waals surface area contributed by atoms with Gasteiger partial charge in [0.15, 0.2) is 0 Å². The minimum Gasteiger partial charge on any atom is -0.465 e. The molecule has 0 aliphatic rings. The number of carbonyl (C=O) groups excluding carboxylic acids is 1.